The Labute approximate surface area is 187 Å². The second-order valence-electron chi connectivity index (χ2n) is 8.01. The lowest BCUT2D eigenvalue weighted by atomic mass is 9.97. The highest BCUT2D eigenvalue weighted by atomic mass is 16.7. The molecule has 1 N–H and O–H groups in total. The van der Waals surface area contributed by atoms with Gasteiger partial charge < -0.3 is 24.1 Å². The molecule has 0 spiro atoms. The third kappa shape index (κ3) is 5.43. The molecule has 32 heavy (non-hydrogen) atoms. The summed E-state index contributed by atoms with van der Waals surface area (Å²) in [6.45, 7) is 8.75. The molecule has 0 saturated carbocycles. The second-order valence-corrected chi connectivity index (χ2v) is 8.01. The van der Waals surface area contributed by atoms with Crippen LogP contribution < -0.4 is 0 Å². The van der Waals surface area contributed by atoms with Crippen LogP contribution in [0.25, 0.3) is 0 Å². The summed E-state index contributed by atoms with van der Waals surface area (Å²) in [4.78, 5) is 25.1. The van der Waals surface area contributed by atoms with E-state index in [0.717, 1.165) is 11.1 Å². The van der Waals surface area contributed by atoms with Gasteiger partial charge in [0.25, 0.3) is 0 Å². The fourth-order valence-corrected chi connectivity index (χ4v) is 3.37. The van der Waals surface area contributed by atoms with E-state index in [0.29, 0.717) is 11.1 Å². The first-order chi connectivity index (χ1) is 15.2. The number of carbonyl (C=O) groups is 2. The maximum atomic E-state index is 12.7. The first kappa shape index (κ1) is 23.7. The molecular formula is C25H28O7. The van der Waals surface area contributed by atoms with E-state index >= 15 is 0 Å². The molecule has 0 amide bonds. The van der Waals surface area contributed by atoms with Crippen LogP contribution in [0.1, 0.15) is 38.8 Å². The highest BCUT2D eigenvalue weighted by molar-refractivity contribution is 5.90. The maximum Gasteiger partial charge on any atom is 0.338 e. The number of benzene rings is 2. The van der Waals surface area contributed by atoms with Gasteiger partial charge >= 0.3 is 11.9 Å². The first-order valence-corrected chi connectivity index (χ1v) is 10.3. The fraction of sp³-hybridized carbons (Fsp3) is 0.360. The summed E-state index contributed by atoms with van der Waals surface area (Å²) in [5.74, 6) is -1.18. The molecule has 2 aromatic rings. The maximum absolute atomic E-state index is 12.7. The predicted molar refractivity (Wildman–Crippen MR) is 117 cm³/mol. The van der Waals surface area contributed by atoms with Crippen LogP contribution in [0.2, 0.25) is 0 Å². The summed E-state index contributed by atoms with van der Waals surface area (Å²) in [6, 6.07) is 13.8. The minimum absolute atomic E-state index is 0.120. The molecule has 0 radical (unpaired) electrons. The molecule has 170 valence electrons. The number of aryl methyl sites for hydroxylation is 2. The summed E-state index contributed by atoms with van der Waals surface area (Å²) in [5, 5.41) is 11.1. The Balaban J connectivity index is 1.75. The SMILES string of the molecule is C=CCOC1O[C@H](COC(=O)c2ccc(C)cc2)[C@@H](OC(=O)c2ccc(C)cc2)[C@@]1(C)O. The van der Waals surface area contributed by atoms with Crippen LogP contribution in [0.5, 0.6) is 0 Å². The molecule has 1 fully saturated rings. The van der Waals surface area contributed by atoms with Crippen LogP contribution >= 0.6 is 0 Å². The molecule has 1 aliphatic rings. The Morgan fingerprint density at radius 1 is 1.03 bits per heavy atom. The minimum Gasteiger partial charge on any atom is -0.459 e. The number of hydrogen-bond donors (Lipinski definition) is 1. The number of rotatable bonds is 8. The van der Waals surface area contributed by atoms with Crippen molar-refractivity contribution in [3.05, 3.63) is 83.4 Å². The van der Waals surface area contributed by atoms with Gasteiger partial charge in [0.2, 0.25) is 0 Å². The van der Waals surface area contributed by atoms with Crippen molar-refractivity contribution in [1.29, 1.82) is 0 Å². The average molecular weight is 440 g/mol. The van der Waals surface area contributed by atoms with Crippen molar-refractivity contribution in [2.45, 2.75) is 44.9 Å². The van der Waals surface area contributed by atoms with E-state index in [4.69, 9.17) is 18.9 Å². The third-order valence-electron chi connectivity index (χ3n) is 5.24. The molecule has 1 saturated heterocycles. The molecule has 1 unspecified atom stereocenters. The van der Waals surface area contributed by atoms with E-state index in [9.17, 15) is 14.7 Å². The molecule has 3 rings (SSSR count). The first-order valence-electron chi connectivity index (χ1n) is 10.3. The Kier molecular flexibility index (Phi) is 7.45. The number of esters is 2. The Hall–Kier alpha value is -3.00. The van der Waals surface area contributed by atoms with E-state index in [1.54, 1.807) is 48.5 Å². The van der Waals surface area contributed by atoms with Gasteiger partial charge in [0.15, 0.2) is 18.0 Å². The Morgan fingerprint density at radius 2 is 1.56 bits per heavy atom. The van der Waals surface area contributed by atoms with Gasteiger partial charge in [-0.05, 0) is 45.0 Å². The van der Waals surface area contributed by atoms with Crippen molar-refractivity contribution in [2.75, 3.05) is 13.2 Å². The lowest BCUT2D eigenvalue weighted by Crippen LogP contribution is -2.49. The smallest absolute Gasteiger partial charge is 0.338 e. The van der Waals surface area contributed by atoms with Crippen molar-refractivity contribution < 1.29 is 33.6 Å². The molecule has 0 aliphatic carbocycles. The summed E-state index contributed by atoms with van der Waals surface area (Å²) in [6.07, 6.45) is -1.64. The average Bonchev–Trinajstić information content (AvgIpc) is 3.00. The molecule has 7 nitrogen and oxygen atoms in total. The zero-order chi connectivity index (χ0) is 23.3. The molecule has 0 aromatic heterocycles. The fourth-order valence-electron chi connectivity index (χ4n) is 3.37. The van der Waals surface area contributed by atoms with E-state index in [1.165, 1.54) is 13.0 Å². The zero-order valence-corrected chi connectivity index (χ0v) is 18.4. The van der Waals surface area contributed by atoms with Crippen molar-refractivity contribution >= 4 is 11.9 Å². The van der Waals surface area contributed by atoms with Crippen LogP contribution in [0.4, 0.5) is 0 Å². The van der Waals surface area contributed by atoms with E-state index < -0.39 is 36.0 Å². The normalized spacial score (nSPS) is 24.7. The Morgan fingerprint density at radius 3 is 2.09 bits per heavy atom. The van der Waals surface area contributed by atoms with Gasteiger partial charge in [-0.3, -0.25) is 0 Å². The summed E-state index contributed by atoms with van der Waals surface area (Å²) < 4.78 is 22.3. The molecule has 1 aliphatic heterocycles. The van der Waals surface area contributed by atoms with Gasteiger partial charge in [-0.15, -0.1) is 6.58 Å². The van der Waals surface area contributed by atoms with Gasteiger partial charge in [-0.2, -0.15) is 0 Å². The molecule has 7 heteroatoms. The van der Waals surface area contributed by atoms with Crippen LogP contribution in [-0.2, 0) is 18.9 Å². The summed E-state index contributed by atoms with van der Waals surface area (Å²) in [7, 11) is 0. The number of ether oxygens (including phenoxy) is 4. The lowest BCUT2D eigenvalue weighted by Gasteiger charge is -2.29. The third-order valence-corrected chi connectivity index (χ3v) is 5.24. The molecule has 1 heterocycles. The molecule has 2 aromatic carbocycles. The van der Waals surface area contributed by atoms with Crippen molar-refractivity contribution in [3.63, 3.8) is 0 Å². The van der Waals surface area contributed by atoms with Crippen molar-refractivity contribution in [2.24, 2.45) is 0 Å². The van der Waals surface area contributed by atoms with Crippen molar-refractivity contribution in [1.82, 2.24) is 0 Å². The van der Waals surface area contributed by atoms with Gasteiger partial charge in [0.1, 0.15) is 12.7 Å². The zero-order valence-electron chi connectivity index (χ0n) is 18.4. The van der Waals surface area contributed by atoms with Crippen LogP contribution in [0.3, 0.4) is 0 Å². The summed E-state index contributed by atoms with van der Waals surface area (Å²) in [5.41, 5.74) is 1.05. The van der Waals surface area contributed by atoms with Crippen molar-refractivity contribution in [3.8, 4) is 0 Å². The van der Waals surface area contributed by atoms with Crippen LogP contribution in [0, 0.1) is 13.8 Å². The predicted octanol–water partition coefficient (Wildman–Crippen LogP) is 3.36. The lowest BCUT2D eigenvalue weighted by molar-refractivity contribution is -0.195. The largest absolute Gasteiger partial charge is 0.459 e. The van der Waals surface area contributed by atoms with Crippen LogP contribution in [-0.4, -0.2) is 54.4 Å². The number of aliphatic hydroxyl groups is 1. The second kappa shape index (κ2) is 10.1. The van der Waals surface area contributed by atoms with Gasteiger partial charge in [-0.25, -0.2) is 9.59 Å². The van der Waals surface area contributed by atoms with E-state index in [2.05, 4.69) is 6.58 Å². The highest BCUT2D eigenvalue weighted by Crippen LogP contribution is 2.35. The minimum atomic E-state index is -1.68. The quantitative estimate of drug-likeness (QED) is 0.497. The van der Waals surface area contributed by atoms with E-state index in [1.807, 2.05) is 13.8 Å². The number of hydrogen-bond acceptors (Lipinski definition) is 7. The van der Waals surface area contributed by atoms with Gasteiger partial charge in [-0.1, -0.05) is 41.5 Å². The molecule has 4 atom stereocenters. The number of carbonyl (C=O) groups excluding carboxylic acids is 2. The topological polar surface area (TPSA) is 91.3 Å². The van der Waals surface area contributed by atoms with Crippen LogP contribution in [0.15, 0.2) is 61.2 Å². The monoisotopic (exact) mass is 440 g/mol. The standard InChI is InChI=1S/C25H28O7/c1-5-14-29-24-25(4,28)21(32-23(27)19-12-8-17(3)9-13-19)20(31-24)15-30-22(26)18-10-6-16(2)7-11-18/h5-13,20-21,24,28H,1,14-15H2,2-4H3/t20-,21-,24?,25-/m1/s1. The molecular weight excluding hydrogens is 412 g/mol. The van der Waals surface area contributed by atoms with Gasteiger partial charge in [0.05, 0.1) is 17.7 Å². The highest BCUT2D eigenvalue weighted by Gasteiger charge is 2.56. The molecule has 0 bridgehead atoms. The van der Waals surface area contributed by atoms with Gasteiger partial charge in [0, 0.05) is 0 Å². The summed E-state index contributed by atoms with van der Waals surface area (Å²) >= 11 is 0. The Bertz CT molecular complexity index is 947. The van der Waals surface area contributed by atoms with E-state index in [-0.39, 0.29) is 13.2 Å².